The van der Waals surface area contributed by atoms with Crippen molar-refractivity contribution in [3.8, 4) is 0 Å². The third-order valence-electron chi connectivity index (χ3n) is 6.41. The molecule has 8 nitrogen and oxygen atoms in total. The summed E-state index contributed by atoms with van der Waals surface area (Å²) in [5, 5.41) is 10.0. The third-order valence-corrected chi connectivity index (χ3v) is 6.41. The van der Waals surface area contributed by atoms with Crippen LogP contribution in [0.3, 0.4) is 0 Å². The molecule has 0 bridgehead atoms. The summed E-state index contributed by atoms with van der Waals surface area (Å²) in [4.78, 5) is 38.9. The summed E-state index contributed by atoms with van der Waals surface area (Å²) in [7, 11) is 0. The van der Waals surface area contributed by atoms with E-state index in [1.165, 1.54) is 6.20 Å². The predicted molar refractivity (Wildman–Crippen MR) is 114 cm³/mol. The lowest BCUT2D eigenvalue weighted by Gasteiger charge is -2.41. The molecule has 0 spiro atoms. The number of nitrogens with one attached hydrogen (secondary N) is 1. The summed E-state index contributed by atoms with van der Waals surface area (Å²) < 4.78 is 38.9. The van der Waals surface area contributed by atoms with Crippen LogP contribution < -0.4 is 10.5 Å². The minimum absolute atomic E-state index is 0.00432. The van der Waals surface area contributed by atoms with Crippen molar-refractivity contribution in [2.45, 2.75) is 44.4 Å². The fourth-order valence-electron chi connectivity index (χ4n) is 4.22. The van der Waals surface area contributed by atoms with E-state index in [0.29, 0.717) is 56.1 Å². The number of aromatic amines is 1. The Morgan fingerprint density at radius 1 is 1.12 bits per heavy atom. The number of amides is 1. The molecule has 11 heteroatoms. The number of anilines is 1. The van der Waals surface area contributed by atoms with Gasteiger partial charge in [-0.25, -0.2) is 9.97 Å². The van der Waals surface area contributed by atoms with E-state index in [-0.39, 0.29) is 17.7 Å². The van der Waals surface area contributed by atoms with E-state index in [2.05, 4.69) is 15.0 Å². The Morgan fingerprint density at radius 2 is 1.73 bits per heavy atom. The number of aromatic nitrogens is 3. The number of hydrogen-bond donors (Lipinski definition) is 2. The second-order valence-electron chi connectivity index (χ2n) is 9.18. The van der Waals surface area contributed by atoms with Gasteiger partial charge in [0.2, 0.25) is 11.9 Å². The molecule has 2 aliphatic rings. The lowest BCUT2D eigenvalue weighted by Crippen LogP contribution is -2.52. The number of carbonyl (C=O) groups excluding carboxylic acids is 1. The maximum absolute atomic E-state index is 13.0. The van der Waals surface area contributed by atoms with Gasteiger partial charge in [-0.05, 0) is 44.2 Å². The zero-order valence-electron chi connectivity index (χ0n) is 18.4. The van der Waals surface area contributed by atoms with Gasteiger partial charge in [-0.1, -0.05) is 0 Å². The van der Waals surface area contributed by atoms with Gasteiger partial charge in [-0.15, -0.1) is 0 Å². The fourth-order valence-corrected chi connectivity index (χ4v) is 4.22. The number of pyridine rings is 1. The first-order chi connectivity index (χ1) is 15.4. The first-order valence-electron chi connectivity index (χ1n) is 10.8. The molecule has 4 rings (SSSR count). The van der Waals surface area contributed by atoms with Gasteiger partial charge in [0.25, 0.3) is 5.56 Å². The Kier molecular flexibility index (Phi) is 5.94. The van der Waals surface area contributed by atoms with E-state index < -0.39 is 22.9 Å². The second-order valence-corrected chi connectivity index (χ2v) is 9.18. The van der Waals surface area contributed by atoms with Crippen molar-refractivity contribution in [2.24, 2.45) is 5.92 Å². The molecule has 1 aliphatic carbocycles. The molecule has 2 aromatic rings. The lowest BCUT2D eigenvalue weighted by molar-refractivity contribution is -0.140. The third kappa shape index (κ3) is 4.87. The normalized spacial score (nSPS) is 21.6. The quantitative estimate of drug-likeness (QED) is 0.718. The average molecular weight is 465 g/mol. The summed E-state index contributed by atoms with van der Waals surface area (Å²) in [6.07, 6.45) is 0.712. The van der Waals surface area contributed by atoms with E-state index in [0.717, 1.165) is 6.07 Å². The molecule has 2 fully saturated rings. The molecule has 1 saturated heterocycles. The number of nitrogens with zero attached hydrogens (tertiary/aromatic N) is 4. The first kappa shape index (κ1) is 23.2. The Hall–Kier alpha value is -2.95. The molecular weight excluding hydrogens is 439 g/mol. The zero-order chi connectivity index (χ0) is 24.0. The number of alkyl halides is 3. The number of piperazine rings is 1. The van der Waals surface area contributed by atoms with Crippen LogP contribution >= 0.6 is 0 Å². The molecule has 0 aromatic carbocycles. The van der Waals surface area contributed by atoms with Crippen molar-refractivity contribution in [2.75, 3.05) is 31.1 Å². The number of hydrogen-bond acceptors (Lipinski definition) is 6. The molecule has 1 aliphatic heterocycles. The van der Waals surface area contributed by atoms with Crippen molar-refractivity contribution in [3.05, 3.63) is 51.7 Å². The summed E-state index contributed by atoms with van der Waals surface area (Å²) in [5.74, 6) is 0.132. The smallest absolute Gasteiger partial charge is 0.386 e. The summed E-state index contributed by atoms with van der Waals surface area (Å²) in [6, 6.07) is 0.895. The molecule has 1 saturated carbocycles. The monoisotopic (exact) mass is 465 g/mol. The number of aliphatic hydroxyl groups is 1. The first-order valence-corrected chi connectivity index (χ1v) is 10.8. The SMILES string of the molecule is CC(C)(O)c1cnc(N2CCN(C(=O)C3CC(c4c[nH]c(=O)c(C(F)(F)F)c4)C3)CC2)nc1. The molecule has 2 N–H and O–H groups in total. The van der Waals surface area contributed by atoms with Gasteiger partial charge in [-0.3, -0.25) is 9.59 Å². The van der Waals surface area contributed by atoms with Crippen LogP contribution in [0.4, 0.5) is 19.1 Å². The highest BCUT2D eigenvalue weighted by Crippen LogP contribution is 2.43. The van der Waals surface area contributed by atoms with E-state index in [9.17, 15) is 27.9 Å². The molecule has 178 valence electrons. The Balaban J connectivity index is 1.31. The van der Waals surface area contributed by atoms with Crippen LogP contribution in [0.1, 0.15) is 49.3 Å². The summed E-state index contributed by atoms with van der Waals surface area (Å²) in [6.45, 7) is 5.47. The van der Waals surface area contributed by atoms with Crippen molar-refractivity contribution >= 4 is 11.9 Å². The van der Waals surface area contributed by atoms with Crippen LogP contribution in [0.2, 0.25) is 0 Å². The Bertz CT molecular complexity index is 1060. The molecule has 0 atom stereocenters. The van der Waals surface area contributed by atoms with Gasteiger partial charge in [-0.2, -0.15) is 13.2 Å². The Morgan fingerprint density at radius 3 is 2.27 bits per heavy atom. The largest absolute Gasteiger partial charge is 0.421 e. The molecule has 2 aromatic heterocycles. The van der Waals surface area contributed by atoms with E-state index in [1.54, 1.807) is 31.1 Å². The van der Waals surface area contributed by atoms with Gasteiger partial charge in [0.15, 0.2) is 0 Å². The van der Waals surface area contributed by atoms with Crippen molar-refractivity contribution in [1.29, 1.82) is 0 Å². The number of halogens is 3. The minimum Gasteiger partial charge on any atom is -0.386 e. The maximum atomic E-state index is 13.0. The molecular formula is C22H26F3N5O3. The second kappa shape index (κ2) is 8.44. The zero-order valence-corrected chi connectivity index (χ0v) is 18.4. The van der Waals surface area contributed by atoms with E-state index in [4.69, 9.17) is 0 Å². The van der Waals surface area contributed by atoms with Gasteiger partial charge >= 0.3 is 6.18 Å². The van der Waals surface area contributed by atoms with Crippen LogP contribution in [-0.4, -0.2) is 57.0 Å². The van der Waals surface area contributed by atoms with Crippen LogP contribution in [0.15, 0.2) is 29.5 Å². The molecule has 33 heavy (non-hydrogen) atoms. The highest BCUT2D eigenvalue weighted by atomic mass is 19.4. The van der Waals surface area contributed by atoms with Gasteiger partial charge in [0.05, 0.1) is 5.60 Å². The number of carbonyl (C=O) groups is 1. The van der Waals surface area contributed by atoms with Crippen molar-refractivity contribution < 1.29 is 23.1 Å². The van der Waals surface area contributed by atoms with Gasteiger partial charge in [0, 0.05) is 56.3 Å². The van der Waals surface area contributed by atoms with Crippen LogP contribution in [0.25, 0.3) is 0 Å². The highest BCUT2D eigenvalue weighted by Gasteiger charge is 2.40. The van der Waals surface area contributed by atoms with Crippen LogP contribution in [-0.2, 0) is 16.6 Å². The molecule has 3 heterocycles. The topological polar surface area (TPSA) is 102 Å². The van der Waals surface area contributed by atoms with Crippen LogP contribution in [0.5, 0.6) is 0 Å². The lowest BCUT2D eigenvalue weighted by atomic mass is 9.71. The van der Waals surface area contributed by atoms with Gasteiger partial charge < -0.3 is 19.9 Å². The molecule has 0 unspecified atom stereocenters. The standard InChI is InChI=1S/C22H26F3N5O3/c1-21(2,33)16-11-27-20(28-12-16)30-5-3-29(4-6-30)19(32)14-7-13(8-14)15-9-17(22(23,24)25)18(31)26-10-15/h9-14,33H,3-8H2,1-2H3,(H,26,31). The van der Waals surface area contributed by atoms with Crippen molar-refractivity contribution in [3.63, 3.8) is 0 Å². The summed E-state index contributed by atoms with van der Waals surface area (Å²) in [5.41, 5.74) is -2.36. The Labute approximate surface area is 188 Å². The minimum atomic E-state index is -4.71. The van der Waals surface area contributed by atoms with Gasteiger partial charge in [0.1, 0.15) is 5.56 Å². The highest BCUT2D eigenvalue weighted by molar-refractivity contribution is 5.80. The van der Waals surface area contributed by atoms with E-state index >= 15 is 0 Å². The average Bonchev–Trinajstić information content (AvgIpc) is 2.72. The number of H-pyrrole nitrogens is 1. The predicted octanol–water partition coefficient (Wildman–Crippen LogP) is 2.25. The molecule has 0 radical (unpaired) electrons. The fraction of sp³-hybridized carbons (Fsp3) is 0.545. The van der Waals surface area contributed by atoms with E-state index in [1.807, 2.05) is 4.90 Å². The number of rotatable bonds is 4. The van der Waals surface area contributed by atoms with Crippen molar-refractivity contribution in [1.82, 2.24) is 19.9 Å². The maximum Gasteiger partial charge on any atom is 0.421 e. The summed E-state index contributed by atoms with van der Waals surface area (Å²) >= 11 is 0. The van der Waals surface area contributed by atoms with Crippen LogP contribution in [0, 0.1) is 5.92 Å². The molecule has 1 amide bonds.